The van der Waals surface area contributed by atoms with E-state index in [-0.39, 0.29) is 28.9 Å². The van der Waals surface area contributed by atoms with E-state index in [4.69, 9.17) is 4.74 Å². The van der Waals surface area contributed by atoms with Crippen molar-refractivity contribution in [1.82, 2.24) is 9.88 Å². The van der Waals surface area contributed by atoms with Gasteiger partial charge in [-0.15, -0.1) is 0 Å². The third-order valence-corrected chi connectivity index (χ3v) is 9.99. The van der Waals surface area contributed by atoms with Crippen molar-refractivity contribution < 1.29 is 9.53 Å². The van der Waals surface area contributed by atoms with Gasteiger partial charge < -0.3 is 14.6 Å². The maximum atomic E-state index is 12.0. The molecule has 4 aliphatic rings. The van der Waals surface area contributed by atoms with Gasteiger partial charge in [0.1, 0.15) is 11.9 Å². The van der Waals surface area contributed by atoms with Crippen LogP contribution in [0.3, 0.4) is 0 Å². The molecule has 3 fully saturated rings. The van der Waals surface area contributed by atoms with Crippen molar-refractivity contribution >= 4 is 5.91 Å². The SMILES string of the molecule is CC1CC2NC(=O)C=C[C@]2(C)[C@@H]2CC[C@]3(C)C(Oc4ccc(-n5cccc5)cc4)CC[C@H]3[C@H]12. The predicted octanol–water partition coefficient (Wildman–Crippen LogP) is 5.77. The van der Waals surface area contributed by atoms with Crippen LogP contribution in [0.5, 0.6) is 5.75 Å². The van der Waals surface area contributed by atoms with E-state index in [0.29, 0.717) is 23.7 Å². The first-order valence-corrected chi connectivity index (χ1v) is 12.8. The maximum absolute atomic E-state index is 12.0. The molecule has 0 spiro atoms. The number of amides is 1. The number of benzene rings is 1. The van der Waals surface area contributed by atoms with Gasteiger partial charge in [0.05, 0.1) is 0 Å². The highest BCUT2D eigenvalue weighted by molar-refractivity contribution is 5.89. The summed E-state index contributed by atoms with van der Waals surface area (Å²) in [6, 6.07) is 12.9. The summed E-state index contributed by atoms with van der Waals surface area (Å²) in [7, 11) is 0. The van der Waals surface area contributed by atoms with Crippen LogP contribution < -0.4 is 10.1 Å². The molecule has 174 valence electrons. The summed E-state index contributed by atoms with van der Waals surface area (Å²) in [5.74, 6) is 3.74. The summed E-state index contributed by atoms with van der Waals surface area (Å²) in [5, 5.41) is 3.30. The van der Waals surface area contributed by atoms with E-state index < -0.39 is 0 Å². The van der Waals surface area contributed by atoms with E-state index in [9.17, 15) is 4.79 Å². The molecule has 1 N–H and O–H groups in total. The molecule has 4 nitrogen and oxygen atoms in total. The first-order valence-electron chi connectivity index (χ1n) is 12.8. The molecule has 1 amide bonds. The van der Waals surface area contributed by atoms with Crippen LogP contribution in [0.2, 0.25) is 0 Å². The fraction of sp³-hybridized carbons (Fsp3) is 0.552. The van der Waals surface area contributed by atoms with Gasteiger partial charge in [-0.2, -0.15) is 0 Å². The number of nitrogens with zero attached hydrogens (tertiary/aromatic N) is 1. The van der Waals surface area contributed by atoms with Crippen molar-refractivity contribution in [3.8, 4) is 11.4 Å². The van der Waals surface area contributed by atoms with Crippen molar-refractivity contribution in [1.29, 1.82) is 0 Å². The van der Waals surface area contributed by atoms with Crippen LogP contribution in [0.25, 0.3) is 5.69 Å². The smallest absolute Gasteiger partial charge is 0.243 e. The predicted molar refractivity (Wildman–Crippen MR) is 130 cm³/mol. The molecule has 3 unspecified atom stereocenters. The van der Waals surface area contributed by atoms with E-state index in [1.54, 1.807) is 6.08 Å². The molecule has 2 heterocycles. The quantitative estimate of drug-likeness (QED) is 0.653. The summed E-state index contributed by atoms with van der Waals surface area (Å²) in [6.45, 7) is 7.33. The van der Waals surface area contributed by atoms with Crippen molar-refractivity contribution in [3.05, 3.63) is 60.9 Å². The van der Waals surface area contributed by atoms with Crippen LogP contribution in [0, 0.1) is 34.5 Å². The van der Waals surface area contributed by atoms with Crippen LogP contribution >= 0.6 is 0 Å². The van der Waals surface area contributed by atoms with Crippen LogP contribution in [-0.4, -0.2) is 22.6 Å². The average molecular weight is 445 g/mol. The summed E-state index contributed by atoms with van der Waals surface area (Å²) in [6.07, 6.45) is 14.4. The Morgan fingerprint density at radius 1 is 1.03 bits per heavy atom. The highest BCUT2D eigenvalue weighted by Gasteiger charge is 2.62. The summed E-state index contributed by atoms with van der Waals surface area (Å²) in [5.41, 5.74) is 1.47. The monoisotopic (exact) mass is 444 g/mol. The number of rotatable bonds is 3. The number of nitrogens with one attached hydrogen (secondary N) is 1. The van der Waals surface area contributed by atoms with Crippen molar-refractivity contribution in [2.75, 3.05) is 0 Å². The highest BCUT2D eigenvalue weighted by Crippen LogP contribution is 2.65. The molecule has 3 aliphatic carbocycles. The molecule has 0 saturated heterocycles. The first-order chi connectivity index (χ1) is 15.9. The number of fused-ring (bicyclic) bond motifs is 5. The molecule has 0 bridgehead atoms. The summed E-state index contributed by atoms with van der Waals surface area (Å²) < 4.78 is 8.82. The van der Waals surface area contributed by atoms with E-state index in [2.05, 4.69) is 73.4 Å². The zero-order valence-corrected chi connectivity index (χ0v) is 20.0. The van der Waals surface area contributed by atoms with E-state index in [0.717, 1.165) is 24.3 Å². The molecule has 33 heavy (non-hydrogen) atoms. The Morgan fingerprint density at radius 3 is 2.55 bits per heavy atom. The van der Waals surface area contributed by atoms with Gasteiger partial charge in [-0.05, 0) is 98.2 Å². The molecule has 1 aliphatic heterocycles. The number of carbonyl (C=O) groups is 1. The van der Waals surface area contributed by atoms with Crippen molar-refractivity contribution in [2.24, 2.45) is 34.5 Å². The number of carbonyl (C=O) groups excluding carboxylic acids is 1. The zero-order valence-electron chi connectivity index (χ0n) is 20.0. The highest BCUT2D eigenvalue weighted by atomic mass is 16.5. The Labute approximate surface area is 197 Å². The molecule has 0 radical (unpaired) electrons. The minimum atomic E-state index is 0.0830. The van der Waals surface area contributed by atoms with E-state index in [1.807, 2.05) is 12.1 Å². The molecule has 3 saturated carbocycles. The van der Waals surface area contributed by atoms with Gasteiger partial charge in [-0.25, -0.2) is 0 Å². The molecule has 4 heteroatoms. The Kier molecular flexibility index (Phi) is 4.80. The van der Waals surface area contributed by atoms with Gasteiger partial charge in [-0.3, -0.25) is 4.79 Å². The number of hydrogen-bond donors (Lipinski definition) is 1. The van der Waals surface area contributed by atoms with Crippen LogP contribution in [0.1, 0.15) is 52.9 Å². The van der Waals surface area contributed by atoms with Gasteiger partial charge in [0.25, 0.3) is 0 Å². The molecular formula is C29H36N2O2. The Hall–Kier alpha value is -2.49. The molecule has 2 aromatic rings. The van der Waals surface area contributed by atoms with Crippen molar-refractivity contribution in [2.45, 2.75) is 65.0 Å². The number of aromatic nitrogens is 1. The Balaban J connectivity index is 1.23. The fourth-order valence-electron chi connectivity index (χ4n) is 8.20. The first kappa shape index (κ1) is 21.1. The zero-order chi connectivity index (χ0) is 22.8. The Bertz CT molecular complexity index is 1060. The van der Waals surface area contributed by atoms with Gasteiger partial charge in [0.2, 0.25) is 5.91 Å². The lowest BCUT2D eigenvalue weighted by atomic mass is 9.46. The lowest BCUT2D eigenvalue weighted by Gasteiger charge is -2.60. The summed E-state index contributed by atoms with van der Waals surface area (Å²) in [4.78, 5) is 12.0. The minimum absolute atomic E-state index is 0.0830. The largest absolute Gasteiger partial charge is 0.490 e. The van der Waals surface area contributed by atoms with Crippen molar-refractivity contribution in [3.63, 3.8) is 0 Å². The topological polar surface area (TPSA) is 43.3 Å². The molecular weight excluding hydrogens is 408 g/mol. The number of ether oxygens (including phenoxy) is 1. The van der Waals surface area contributed by atoms with Gasteiger partial charge >= 0.3 is 0 Å². The van der Waals surface area contributed by atoms with E-state index >= 15 is 0 Å². The second-order valence-electron chi connectivity index (χ2n) is 11.6. The van der Waals surface area contributed by atoms with Crippen LogP contribution in [-0.2, 0) is 4.79 Å². The minimum Gasteiger partial charge on any atom is -0.490 e. The maximum Gasteiger partial charge on any atom is 0.243 e. The normalized spacial score (nSPS) is 41.6. The number of hydrogen-bond acceptors (Lipinski definition) is 2. The average Bonchev–Trinajstić information content (AvgIpc) is 3.44. The third kappa shape index (κ3) is 3.20. The third-order valence-electron chi connectivity index (χ3n) is 9.99. The summed E-state index contributed by atoms with van der Waals surface area (Å²) >= 11 is 0. The molecule has 1 aromatic heterocycles. The van der Waals surface area contributed by atoms with Crippen LogP contribution in [0.4, 0.5) is 0 Å². The standard InChI is InChI=1S/C29H36N2O2/c1-19-18-24-28(2,15-13-26(32)30-24)23-12-14-29(3)22(27(19)23)10-11-25(29)33-21-8-6-20(7-9-21)31-16-4-5-17-31/h4-9,13,15-17,19,22-25,27H,10-12,14,18H2,1-3H3,(H,30,32)/t19?,22-,23+,24?,25?,27-,28+,29-/m0/s1. The molecule has 1 aromatic carbocycles. The lowest BCUT2D eigenvalue weighted by molar-refractivity contribution is -0.127. The van der Waals surface area contributed by atoms with Gasteiger partial charge in [0, 0.05) is 35.0 Å². The van der Waals surface area contributed by atoms with Gasteiger partial charge in [-0.1, -0.05) is 26.8 Å². The molecule has 6 rings (SSSR count). The Morgan fingerprint density at radius 2 is 1.79 bits per heavy atom. The fourth-order valence-corrected chi connectivity index (χ4v) is 8.20. The molecule has 8 atom stereocenters. The van der Waals surface area contributed by atoms with Gasteiger partial charge in [0.15, 0.2) is 0 Å². The van der Waals surface area contributed by atoms with E-state index in [1.165, 1.54) is 19.3 Å². The van der Waals surface area contributed by atoms with Crippen LogP contribution in [0.15, 0.2) is 60.9 Å². The second-order valence-corrected chi connectivity index (χ2v) is 11.6. The second kappa shape index (κ2) is 7.51. The lowest BCUT2D eigenvalue weighted by Crippen LogP contribution is -2.61.